The molecule has 0 heterocycles. The van der Waals surface area contributed by atoms with Crippen LogP contribution in [0.25, 0.3) is 0 Å². The van der Waals surface area contributed by atoms with Crippen molar-refractivity contribution in [3.8, 4) is 0 Å². The molecule has 0 spiro atoms. The molecule has 5 unspecified atom stereocenters. The summed E-state index contributed by atoms with van der Waals surface area (Å²) in [6.45, 7) is 12.8. The number of hydrogen-bond acceptors (Lipinski definition) is 2. The molecular weight excluding hydrogens is 308 g/mol. The minimum absolute atomic E-state index is 0.0715. The van der Waals surface area contributed by atoms with E-state index in [2.05, 4.69) is 26.5 Å². The van der Waals surface area contributed by atoms with Crippen LogP contribution in [-0.2, 0) is 4.79 Å². The van der Waals surface area contributed by atoms with E-state index in [0.717, 1.165) is 32.1 Å². The van der Waals surface area contributed by atoms with E-state index in [1.165, 1.54) is 18.4 Å². The first-order chi connectivity index (χ1) is 11.9. The third-order valence-corrected chi connectivity index (χ3v) is 8.28. The Hall–Kier alpha value is -0.890. The molecule has 4 aliphatic carbocycles. The van der Waals surface area contributed by atoms with Gasteiger partial charge in [0.05, 0.1) is 6.10 Å². The third-order valence-electron chi connectivity index (χ3n) is 8.28. The lowest BCUT2D eigenvalue weighted by Crippen LogP contribution is -2.52. The number of allylic oxidation sites excluding steroid dienone is 2. The summed E-state index contributed by atoms with van der Waals surface area (Å²) in [5, 5.41) is 10.7. The fraction of sp³-hybridized carbons (Fsp3) is 0.783. The molecular formula is C23H36O2. The van der Waals surface area contributed by atoms with Crippen molar-refractivity contribution in [1.82, 2.24) is 0 Å². The highest BCUT2D eigenvalue weighted by Crippen LogP contribution is 2.66. The van der Waals surface area contributed by atoms with E-state index in [9.17, 15) is 9.90 Å². The lowest BCUT2D eigenvalue weighted by Gasteiger charge is -2.58. The number of fused-ring (bicyclic) bond motifs is 5. The molecule has 0 amide bonds. The summed E-state index contributed by atoms with van der Waals surface area (Å²) < 4.78 is 0. The van der Waals surface area contributed by atoms with E-state index in [-0.39, 0.29) is 16.9 Å². The maximum atomic E-state index is 11.9. The number of aliphatic hydroxyl groups excluding tert-OH is 1. The molecule has 0 saturated heterocycles. The summed E-state index contributed by atoms with van der Waals surface area (Å²) in [7, 11) is 0. The van der Waals surface area contributed by atoms with Gasteiger partial charge in [-0.2, -0.15) is 0 Å². The normalized spacial score (nSPS) is 48.3. The first-order valence-electron chi connectivity index (χ1n) is 10.4. The Bertz CT molecular complexity index is 577. The van der Waals surface area contributed by atoms with E-state index >= 15 is 0 Å². The lowest BCUT2D eigenvalue weighted by molar-refractivity contribution is -0.118. The predicted octanol–water partition coefficient (Wildman–Crippen LogP) is 5.32. The van der Waals surface area contributed by atoms with E-state index in [1.807, 2.05) is 19.9 Å². The number of carbonyl (C=O) groups is 1. The average Bonchev–Trinajstić information content (AvgIpc) is 2.88. The van der Waals surface area contributed by atoms with Gasteiger partial charge in [0.25, 0.3) is 0 Å². The van der Waals surface area contributed by atoms with Crippen LogP contribution in [0.3, 0.4) is 0 Å². The van der Waals surface area contributed by atoms with Gasteiger partial charge in [-0.15, -0.1) is 6.58 Å². The summed E-state index contributed by atoms with van der Waals surface area (Å²) in [4.78, 5) is 11.9. The summed E-state index contributed by atoms with van der Waals surface area (Å²) >= 11 is 0. The monoisotopic (exact) mass is 344 g/mol. The van der Waals surface area contributed by atoms with Crippen LogP contribution in [0.15, 0.2) is 24.3 Å². The fourth-order valence-electron chi connectivity index (χ4n) is 6.95. The number of aliphatic hydroxyl groups is 1. The Balaban J connectivity index is 0.000000880. The van der Waals surface area contributed by atoms with Crippen molar-refractivity contribution in [1.29, 1.82) is 0 Å². The number of rotatable bonds is 1. The average molecular weight is 345 g/mol. The Morgan fingerprint density at radius 3 is 2.60 bits per heavy atom. The molecule has 0 aromatic heterocycles. The largest absolute Gasteiger partial charge is 0.393 e. The van der Waals surface area contributed by atoms with Crippen molar-refractivity contribution in [3.63, 3.8) is 0 Å². The van der Waals surface area contributed by atoms with Gasteiger partial charge < -0.3 is 5.11 Å². The van der Waals surface area contributed by atoms with Crippen LogP contribution >= 0.6 is 0 Å². The van der Waals surface area contributed by atoms with Crippen LogP contribution in [0.1, 0.15) is 72.6 Å². The highest BCUT2D eigenvalue weighted by atomic mass is 16.3. The maximum absolute atomic E-state index is 11.9. The predicted molar refractivity (Wildman–Crippen MR) is 103 cm³/mol. The highest BCUT2D eigenvalue weighted by Gasteiger charge is 2.61. The van der Waals surface area contributed by atoms with Gasteiger partial charge in [-0.3, -0.25) is 4.79 Å². The Morgan fingerprint density at radius 1 is 1.20 bits per heavy atom. The first kappa shape index (κ1) is 18.9. The topological polar surface area (TPSA) is 37.3 Å². The minimum atomic E-state index is -0.172. The zero-order chi connectivity index (χ0) is 18.4. The molecule has 4 aliphatic rings. The zero-order valence-corrected chi connectivity index (χ0v) is 16.6. The van der Waals surface area contributed by atoms with Crippen molar-refractivity contribution < 1.29 is 9.90 Å². The van der Waals surface area contributed by atoms with Crippen LogP contribution in [-0.4, -0.2) is 17.0 Å². The molecule has 0 aromatic rings. The van der Waals surface area contributed by atoms with Crippen LogP contribution in [0.5, 0.6) is 0 Å². The van der Waals surface area contributed by atoms with E-state index in [1.54, 1.807) is 0 Å². The van der Waals surface area contributed by atoms with Gasteiger partial charge >= 0.3 is 0 Å². The summed E-state index contributed by atoms with van der Waals surface area (Å²) in [5.74, 6) is 2.73. The zero-order valence-electron chi connectivity index (χ0n) is 16.6. The standard InChI is InChI=1S/C21H30O2.C2H6/c1-4-13-11-18(23)21(3)10-8-17-16(19(13)21)6-5-14-12-15(22)7-9-20(14,17)2;1-2/h4,12-13,16-19,23H,1,5-11H2,2-3H3;1-2H3/t13?,16?,17?,18-,19?,20-,21?;/m0./s1. The fourth-order valence-corrected chi connectivity index (χ4v) is 6.95. The van der Waals surface area contributed by atoms with Crippen LogP contribution in [0.2, 0.25) is 0 Å². The molecule has 0 bridgehead atoms. The smallest absolute Gasteiger partial charge is 0.155 e. The van der Waals surface area contributed by atoms with Crippen LogP contribution in [0, 0.1) is 34.5 Å². The molecule has 2 heteroatoms. The summed E-state index contributed by atoms with van der Waals surface area (Å²) in [5.41, 5.74) is 1.71. The van der Waals surface area contributed by atoms with Gasteiger partial charge in [-0.1, -0.05) is 39.3 Å². The Labute approximate surface area is 153 Å². The van der Waals surface area contributed by atoms with E-state index in [0.29, 0.717) is 29.5 Å². The lowest BCUT2D eigenvalue weighted by atomic mass is 9.46. The summed E-state index contributed by atoms with van der Waals surface area (Å²) in [6, 6.07) is 0. The molecule has 3 fully saturated rings. The number of hydrogen-bond donors (Lipinski definition) is 1. The van der Waals surface area contributed by atoms with Crippen LogP contribution in [0.4, 0.5) is 0 Å². The quantitative estimate of drug-likeness (QED) is 0.654. The first-order valence-corrected chi connectivity index (χ1v) is 10.4. The number of ketones is 1. The molecule has 3 saturated carbocycles. The molecule has 25 heavy (non-hydrogen) atoms. The summed E-state index contributed by atoms with van der Waals surface area (Å²) in [6.07, 6.45) is 11.2. The van der Waals surface area contributed by atoms with Crippen molar-refractivity contribution >= 4 is 5.78 Å². The van der Waals surface area contributed by atoms with E-state index in [4.69, 9.17) is 0 Å². The van der Waals surface area contributed by atoms with Gasteiger partial charge in [0, 0.05) is 6.42 Å². The Kier molecular flexibility index (Phi) is 5.05. The molecule has 0 radical (unpaired) electrons. The van der Waals surface area contributed by atoms with Crippen molar-refractivity contribution in [2.75, 3.05) is 0 Å². The van der Waals surface area contributed by atoms with Crippen molar-refractivity contribution in [3.05, 3.63) is 24.3 Å². The second-order valence-electron chi connectivity index (χ2n) is 9.08. The molecule has 4 rings (SSSR count). The van der Waals surface area contributed by atoms with Gasteiger partial charge in [-0.25, -0.2) is 0 Å². The van der Waals surface area contributed by atoms with E-state index < -0.39 is 0 Å². The Morgan fingerprint density at radius 2 is 1.92 bits per heavy atom. The van der Waals surface area contributed by atoms with Crippen molar-refractivity contribution in [2.24, 2.45) is 34.5 Å². The maximum Gasteiger partial charge on any atom is 0.155 e. The molecule has 0 aromatic carbocycles. The molecule has 0 aliphatic heterocycles. The second kappa shape index (κ2) is 6.68. The van der Waals surface area contributed by atoms with Gasteiger partial charge in [0.2, 0.25) is 0 Å². The molecule has 1 N–H and O–H groups in total. The molecule has 7 atom stereocenters. The third kappa shape index (κ3) is 2.67. The minimum Gasteiger partial charge on any atom is -0.393 e. The van der Waals surface area contributed by atoms with Crippen LogP contribution < -0.4 is 0 Å². The van der Waals surface area contributed by atoms with Gasteiger partial charge in [0.15, 0.2) is 5.78 Å². The van der Waals surface area contributed by atoms with Crippen molar-refractivity contribution in [2.45, 2.75) is 78.7 Å². The highest BCUT2D eigenvalue weighted by molar-refractivity contribution is 5.91. The SMILES string of the molecule is C=CC1C[C@H](O)C2(C)CCC3C(CCC4=CC(=O)CC[C@@]43C)C12.CC. The molecule has 2 nitrogen and oxygen atoms in total. The molecule has 140 valence electrons. The van der Waals surface area contributed by atoms with Gasteiger partial charge in [-0.05, 0) is 79.1 Å². The second-order valence-corrected chi connectivity index (χ2v) is 9.08. The number of carbonyl (C=O) groups excluding carboxylic acids is 1. The van der Waals surface area contributed by atoms with Gasteiger partial charge in [0.1, 0.15) is 0 Å².